The quantitative estimate of drug-likeness (QED) is 0.596. The maximum absolute atomic E-state index is 12.2. The van der Waals surface area contributed by atoms with Crippen LogP contribution in [0.5, 0.6) is 0 Å². The molecule has 2 rings (SSSR count). The predicted octanol–water partition coefficient (Wildman–Crippen LogP) is 2.01. The molecule has 0 aromatic carbocycles. The molecule has 6 nitrogen and oxygen atoms in total. The van der Waals surface area contributed by atoms with Crippen LogP contribution in [0.3, 0.4) is 0 Å². The van der Waals surface area contributed by atoms with Crippen molar-refractivity contribution in [2.24, 2.45) is 0 Å². The molecule has 124 valence electrons. The summed E-state index contributed by atoms with van der Waals surface area (Å²) in [6.07, 6.45) is 0.370. The van der Waals surface area contributed by atoms with Gasteiger partial charge in [0.05, 0.1) is 5.69 Å². The second-order valence-electron chi connectivity index (χ2n) is 7.04. The number of aliphatic hydroxyl groups is 1. The van der Waals surface area contributed by atoms with Gasteiger partial charge in [-0.25, -0.2) is 4.68 Å². The molecule has 1 aromatic heterocycles. The van der Waals surface area contributed by atoms with Crippen LogP contribution in [0.25, 0.3) is 0 Å². The fourth-order valence-corrected chi connectivity index (χ4v) is 3.60. The normalized spacial score (nSPS) is 22.6. The maximum Gasteiger partial charge on any atom is 0.260 e. The molecule has 2 heterocycles. The van der Waals surface area contributed by atoms with E-state index >= 15 is 0 Å². The van der Waals surface area contributed by atoms with Gasteiger partial charge in [-0.15, -0.1) is 0 Å². The Morgan fingerprint density at radius 2 is 2.18 bits per heavy atom. The number of likely N-dealkylation sites (tertiary alicyclic amines) is 1. The van der Waals surface area contributed by atoms with E-state index in [1.54, 1.807) is 17.8 Å². The lowest BCUT2D eigenvalue weighted by atomic mass is 9.98. The van der Waals surface area contributed by atoms with Crippen molar-refractivity contribution in [3.63, 3.8) is 0 Å². The van der Waals surface area contributed by atoms with E-state index in [1.807, 2.05) is 0 Å². The number of likely N-dealkylation sites (N-methyl/N-ethyl adjacent to an activating group) is 1. The molecule has 0 aliphatic carbocycles. The number of nitrogens with zero attached hydrogens (tertiary/aromatic N) is 3. The molecule has 0 radical (unpaired) electrons. The largest absolute Gasteiger partial charge is 0.374 e. The lowest BCUT2D eigenvalue weighted by Gasteiger charge is -2.22. The highest BCUT2D eigenvalue weighted by molar-refractivity contribution is 9.10. The monoisotopic (exact) mass is 389 g/mol. The number of carbonyl (C=O) groups is 1. The van der Waals surface area contributed by atoms with E-state index in [0.29, 0.717) is 29.9 Å². The summed E-state index contributed by atoms with van der Waals surface area (Å²) < 4.78 is 7.86. The number of hydrogen-bond donors (Lipinski definition) is 1. The molecule has 1 saturated heterocycles. The van der Waals surface area contributed by atoms with Gasteiger partial charge >= 0.3 is 0 Å². The molecule has 1 aliphatic heterocycles. The standard InChI is InChI=1S/C14H24BrN3O3Si/c1-17-6-5-14(20,13(17)19)11-9-12(15)16-18(11)10-21-7-8-22(2,3)4/h9,20H,5-8,10H2,1-4H3/t14-/m1/s1. The summed E-state index contributed by atoms with van der Waals surface area (Å²) in [7, 11) is 0.557. The van der Waals surface area contributed by atoms with Crippen molar-refractivity contribution in [3.8, 4) is 0 Å². The number of aromatic nitrogens is 2. The summed E-state index contributed by atoms with van der Waals surface area (Å²) in [6, 6.07) is 2.76. The molecule has 1 N–H and O–H groups in total. The Morgan fingerprint density at radius 1 is 1.50 bits per heavy atom. The Balaban J connectivity index is 2.09. The van der Waals surface area contributed by atoms with E-state index in [2.05, 4.69) is 40.7 Å². The van der Waals surface area contributed by atoms with Crippen LogP contribution in [0.1, 0.15) is 12.1 Å². The number of halogens is 1. The molecule has 0 saturated carbocycles. The van der Waals surface area contributed by atoms with E-state index in [1.165, 1.54) is 4.90 Å². The van der Waals surface area contributed by atoms with Crippen LogP contribution in [0.15, 0.2) is 10.7 Å². The van der Waals surface area contributed by atoms with Crippen LogP contribution in [0.2, 0.25) is 25.7 Å². The molecule has 0 spiro atoms. The Bertz CT molecular complexity index is 558. The van der Waals surface area contributed by atoms with Crippen molar-refractivity contribution in [2.75, 3.05) is 20.2 Å². The molecule has 22 heavy (non-hydrogen) atoms. The molecule has 8 heteroatoms. The highest BCUT2D eigenvalue weighted by atomic mass is 79.9. The summed E-state index contributed by atoms with van der Waals surface area (Å²) in [5.41, 5.74) is -1.02. The average molecular weight is 390 g/mol. The number of rotatable bonds is 6. The SMILES string of the molecule is CN1CC[C@@](O)(c2cc(Br)nn2COCC[Si](C)(C)C)C1=O. The zero-order valence-corrected chi connectivity index (χ0v) is 16.2. The number of ether oxygens (including phenoxy) is 1. The van der Waals surface area contributed by atoms with Gasteiger partial charge in [0, 0.05) is 34.7 Å². The molecule has 0 unspecified atom stereocenters. The topological polar surface area (TPSA) is 67.6 Å². The van der Waals surface area contributed by atoms with E-state index in [-0.39, 0.29) is 12.6 Å². The van der Waals surface area contributed by atoms with Gasteiger partial charge in [-0.05, 0) is 28.0 Å². The highest BCUT2D eigenvalue weighted by Gasteiger charge is 2.47. The van der Waals surface area contributed by atoms with E-state index in [0.717, 1.165) is 6.04 Å². The second kappa shape index (κ2) is 6.43. The minimum Gasteiger partial charge on any atom is -0.374 e. The zero-order chi connectivity index (χ0) is 16.5. The summed E-state index contributed by atoms with van der Waals surface area (Å²) in [4.78, 5) is 13.8. The van der Waals surface area contributed by atoms with Crippen molar-refractivity contribution in [1.29, 1.82) is 0 Å². The first-order valence-electron chi connectivity index (χ1n) is 7.43. The van der Waals surface area contributed by atoms with E-state index in [9.17, 15) is 9.90 Å². The van der Waals surface area contributed by atoms with Crippen LogP contribution < -0.4 is 0 Å². The lowest BCUT2D eigenvalue weighted by molar-refractivity contribution is -0.143. The number of carbonyl (C=O) groups excluding carboxylic acids is 1. The fourth-order valence-electron chi connectivity index (χ4n) is 2.44. The Hall–Kier alpha value is -0.703. The van der Waals surface area contributed by atoms with Crippen LogP contribution in [0.4, 0.5) is 0 Å². The number of hydrogen-bond acceptors (Lipinski definition) is 4. The summed E-state index contributed by atoms with van der Waals surface area (Å²) in [6.45, 7) is 8.32. The summed E-state index contributed by atoms with van der Waals surface area (Å²) in [5, 5.41) is 15.0. The van der Waals surface area contributed by atoms with Crippen LogP contribution in [-0.4, -0.2) is 54.0 Å². The molecular formula is C14H24BrN3O3Si. The third kappa shape index (κ3) is 3.79. The fraction of sp³-hybridized carbons (Fsp3) is 0.714. The van der Waals surface area contributed by atoms with Gasteiger partial charge in [-0.1, -0.05) is 19.6 Å². The van der Waals surface area contributed by atoms with Crippen LogP contribution >= 0.6 is 15.9 Å². The summed E-state index contributed by atoms with van der Waals surface area (Å²) in [5.74, 6) is -0.289. The van der Waals surface area contributed by atoms with Gasteiger partial charge in [0.1, 0.15) is 11.3 Å². The first-order chi connectivity index (χ1) is 10.1. The van der Waals surface area contributed by atoms with Gasteiger partial charge in [-0.3, -0.25) is 4.79 Å². The minimum absolute atomic E-state index is 0.241. The van der Waals surface area contributed by atoms with Crippen molar-refractivity contribution in [3.05, 3.63) is 16.4 Å². The Morgan fingerprint density at radius 3 is 2.73 bits per heavy atom. The van der Waals surface area contributed by atoms with Crippen molar-refractivity contribution < 1.29 is 14.6 Å². The minimum atomic E-state index is -1.50. The van der Waals surface area contributed by atoms with E-state index < -0.39 is 13.7 Å². The first kappa shape index (κ1) is 17.6. The maximum atomic E-state index is 12.2. The third-order valence-electron chi connectivity index (χ3n) is 3.89. The Labute approximate surface area is 140 Å². The predicted molar refractivity (Wildman–Crippen MR) is 90.2 cm³/mol. The number of amides is 1. The molecule has 0 bridgehead atoms. The van der Waals surface area contributed by atoms with Crippen molar-refractivity contribution in [2.45, 2.75) is 44.4 Å². The Kier molecular flexibility index (Phi) is 5.15. The molecule has 1 amide bonds. The van der Waals surface area contributed by atoms with Crippen molar-refractivity contribution in [1.82, 2.24) is 14.7 Å². The van der Waals surface area contributed by atoms with Crippen molar-refractivity contribution >= 4 is 29.9 Å². The molecule has 1 aromatic rings. The smallest absolute Gasteiger partial charge is 0.260 e. The molecule has 1 aliphatic rings. The molecular weight excluding hydrogens is 366 g/mol. The van der Waals surface area contributed by atoms with Gasteiger partial charge in [0.25, 0.3) is 5.91 Å². The van der Waals surface area contributed by atoms with Crippen LogP contribution in [-0.2, 0) is 21.9 Å². The second-order valence-corrected chi connectivity index (χ2v) is 13.5. The van der Waals surface area contributed by atoms with Gasteiger partial charge in [0.2, 0.25) is 0 Å². The van der Waals surface area contributed by atoms with Gasteiger partial charge in [0.15, 0.2) is 5.60 Å². The molecule has 1 atom stereocenters. The zero-order valence-electron chi connectivity index (χ0n) is 13.6. The van der Waals surface area contributed by atoms with Gasteiger partial charge < -0.3 is 14.7 Å². The average Bonchev–Trinajstić information content (AvgIpc) is 2.91. The lowest BCUT2D eigenvalue weighted by Crippen LogP contribution is -2.38. The third-order valence-corrected chi connectivity index (χ3v) is 5.99. The first-order valence-corrected chi connectivity index (χ1v) is 11.9. The van der Waals surface area contributed by atoms with E-state index in [4.69, 9.17) is 4.74 Å². The molecule has 1 fully saturated rings. The summed E-state index contributed by atoms with van der Waals surface area (Å²) >= 11 is 3.31. The van der Waals surface area contributed by atoms with Gasteiger partial charge in [-0.2, -0.15) is 5.10 Å². The van der Waals surface area contributed by atoms with Crippen LogP contribution in [0, 0.1) is 0 Å². The highest BCUT2D eigenvalue weighted by Crippen LogP contribution is 2.33.